The summed E-state index contributed by atoms with van der Waals surface area (Å²) in [5.74, 6) is 0.869. The van der Waals surface area contributed by atoms with Crippen molar-refractivity contribution in [3.8, 4) is 17.1 Å². The third-order valence-electron chi connectivity index (χ3n) is 23.3. The van der Waals surface area contributed by atoms with Crippen molar-refractivity contribution in [1.29, 1.82) is 0 Å². The highest BCUT2D eigenvalue weighted by molar-refractivity contribution is 9.14. The molecule has 0 bridgehead atoms. The van der Waals surface area contributed by atoms with Crippen molar-refractivity contribution >= 4 is 238 Å². The van der Waals surface area contributed by atoms with E-state index in [2.05, 4.69) is 579 Å². The molecule has 0 amide bonds. The largest absolute Gasteiger partial charge is 0.497 e. The first-order valence-corrected chi connectivity index (χ1v) is 50.3. The minimum absolute atomic E-state index is 0.117. The van der Waals surface area contributed by atoms with Gasteiger partial charge < -0.3 is 28.6 Å². The topological polar surface area (TPSA) is 28.8 Å². The second-order valence-corrected chi connectivity index (χ2v) is 44.4. The number of fused-ring (bicyclic) bond motifs is 6. The zero-order chi connectivity index (χ0) is 93.2. The summed E-state index contributed by atoms with van der Waals surface area (Å²) < 4.78 is 19.4. The number of hydrogen-bond donors (Lipinski definition) is 0. The number of methoxy groups -OCH3 is 1. The van der Waals surface area contributed by atoms with E-state index >= 15 is 0 Å². The molecule has 15 aromatic carbocycles. The monoisotopic (exact) mass is 2280 g/mol. The lowest BCUT2D eigenvalue weighted by Crippen LogP contribution is -2.16. The molecule has 0 aliphatic heterocycles. The van der Waals surface area contributed by atoms with Crippen LogP contribution in [0.5, 0.6) is 5.75 Å². The van der Waals surface area contributed by atoms with Crippen molar-refractivity contribution in [2.75, 3.05) is 21.8 Å². The highest BCUT2D eigenvalue weighted by Crippen LogP contribution is 2.49. The molecule has 17 aromatic rings. The molecule has 2 aromatic heterocycles. The average Bonchev–Trinajstić information content (AvgIpc) is 1.42. The Hall–Kier alpha value is -8.58. The summed E-state index contributed by atoms with van der Waals surface area (Å²) in [5.41, 5.74) is 36.3. The first kappa shape index (κ1) is 97.9. The van der Waals surface area contributed by atoms with E-state index in [1.54, 1.807) is 7.11 Å². The van der Waals surface area contributed by atoms with E-state index in [9.17, 15) is 0 Å². The van der Waals surface area contributed by atoms with E-state index in [1.807, 2.05) is 12.1 Å². The quantitative estimate of drug-likeness (QED) is 0.114. The van der Waals surface area contributed by atoms with Gasteiger partial charge in [-0.05, 0) is 435 Å². The van der Waals surface area contributed by atoms with Gasteiger partial charge in [-0.2, -0.15) is 0 Å². The maximum absolute atomic E-state index is 5.28. The number of ether oxygens (including phenoxy) is 1. The fourth-order valence-corrected chi connectivity index (χ4v) is 19.8. The minimum atomic E-state index is 0.117. The van der Waals surface area contributed by atoms with Gasteiger partial charge >= 0.3 is 0 Å². The molecule has 6 nitrogen and oxygen atoms in total. The summed E-state index contributed by atoms with van der Waals surface area (Å²) in [6, 6.07) is 102. The summed E-state index contributed by atoms with van der Waals surface area (Å²) in [5, 5.41) is 5.07. The Morgan fingerprint density at radius 3 is 1.00 bits per heavy atom. The van der Waals surface area contributed by atoms with E-state index in [-0.39, 0.29) is 16.2 Å². The van der Waals surface area contributed by atoms with Gasteiger partial charge in [0.1, 0.15) is 5.75 Å². The molecule has 0 saturated heterocycles. The van der Waals surface area contributed by atoms with Crippen molar-refractivity contribution in [3.63, 3.8) is 0 Å². The predicted octanol–water partition coefficient (Wildman–Crippen LogP) is 39.2. The Morgan fingerprint density at radius 1 is 0.240 bits per heavy atom. The van der Waals surface area contributed by atoms with Crippen LogP contribution < -0.4 is 19.4 Å². The lowest BCUT2D eigenvalue weighted by Gasteiger charge is -2.31. The van der Waals surface area contributed by atoms with Crippen LogP contribution in [0.1, 0.15) is 140 Å². The molecule has 15 heteroatoms. The number of anilines is 9. The molecule has 660 valence electrons. The minimum Gasteiger partial charge on any atom is -0.497 e. The number of aromatic nitrogens is 2. The molecule has 0 aliphatic rings. The summed E-state index contributed by atoms with van der Waals surface area (Å²) in [7, 11) is 1.69. The van der Waals surface area contributed by atoms with E-state index < -0.39 is 0 Å². The van der Waals surface area contributed by atoms with Crippen LogP contribution >= 0.6 is 143 Å². The first-order chi connectivity index (χ1) is 61.0. The molecule has 17 rings (SSSR count). The van der Waals surface area contributed by atoms with Crippen molar-refractivity contribution in [1.82, 2.24) is 9.13 Å². The predicted molar refractivity (Wildman–Crippen MR) is 589 cm³/mol. The summed E-state index contributed by atoms with van der Waals surface area (Å²) in [6.07, 6.45) is 0. The maximum Gasteiger partial charge on any atom is 0.119 e. The van der Waals surface area contributed by atoms with E-state index in [0.29, 0.717) is 0 Å². The second kappa shape index (κ2) is 41.3. The van der Waals surface area contributed by atoms with Gasteiger partial charge in [0, 0.05) is 107 Å². The zero-order valence-electron chi connectivity index (χ0n) is 77.2. The lowest BCUT2D eigenvalue weighted by atomic mass is 9.84. The standard InChI is InChI=1S/C25H26Br3N.C25H27Br2N.C25H28BrN.C20H16BrNO.C19H13Br2N/c1-15-7-9-19(10-8-15)29(20-13-21(26)23(28)22(27)14-20)24-16(2)11-18(12-17(24)3)25(4,5)6;1-16-7-9-20(10-8-16)28(21-11-12-22(26)23(27)15-21)24-17(2)13-19(14-18(24)3)25(4,5)6;1-17-7-11-22(12-8-17)27(23-13-9-21(26)10-14-23)24-18(2)15-20(16-19(24)3)25(4,5)6;1-13-3-9-19-17(11-13)18-12-14(21)4-10-20(18)22(19)15-5-7-16(23-2)8-6-15;1-12-7-8-14-15-10-16(20)17(21)11-19(15)22(18(14)9-12)13-5-3-2-4-6-13/h7-14H,1-6H3;7-15H,1-6H3;7-16H,1-6H3;3-12H,1-2H3;2-11H,1H3. The van der Waals surface area contributed by atoms with Crippen molar-refractivity contribution in [2.24, 2.45) is 0 Å². The first-order valence-electron chi connectivity index (χ1n) is 43.2. The highest BCUT2D eigenvalue weighted by Gasteiger charge is 2.27. The number of benzene rings is 15. The second-order valence-electron chi connectivity index (χ2n) is 36.6. The van der Waals surface area contributed by atoms with Gasteiger partial charge in [0.25, 0.3) is 0 Å². The Labute approximate surface area is 840 Å². The number of halogens is 9. The van der Waals surface area contributed by atoms with Crippen molar-refractivity contribution in [2.45, 2.75) is 155 Å². The van der Waals surface area contributed by atoms with Crippen molar-refractivity contribution < 1.29 is 4.74 Å². The van der Waals surface area contributed by atoms with Crippen LogP contribution in [-0.4, -0.2) is 16.2 Å². The fourth-order valence-electron chi connectivity index (χ4n) is 16.5. The number of aryl methyl sites for hydroxylation is 11. The van der Waals surface area contributed by atoms with E-state index in [4.69, 9.17) is 4.74 Å². The Kier molecular flexibility index (Phi) is 31.3. The molecule has 0 N–H and O–H groups in total. The highest BCUT2D eigenvalue weighted by atomic mass is 79.9. The third-order valence-corrected chi connectivity index (χ3v) is 31.2. The smallest absolute Gasteiger partial charge is 0.119 e. The number of hydrogen-bond acceptors (Lipinski definition) is 4. The van der Waals surface area contributed by atoms with Crippen LogP contribution in [-0.2, 0) is 16.2 Å². The molecular weight excluding hydrogens is 2170 g/mol. The van der Waals surface area contributed by atoms with Gasteiger partial charge in [0.05, 0.1) is 46.2 Å². The van der Waals surface area contributed by atoms with Crippen LogP contribution in [0, 0.1) is 76.2 Å². The van der Waals surface area contributed by atoms with Gasteiger partial charge in [-0.15, -0.1) is 0 Å². The van der Waals surface area contributed by atoms with Gasteiger partial charge in [0.15, 0.2) is 0 Å². The molecule has 0 unspecified atom stereocenters. The van der Waals surface area contributed by atoms with E-state index in [0.717, 1.165) is 80.1 Å². The summed E-state index contributed by atoms with van der Waals surface area (Å²) in [4.78, 5) is 7.06. The molecule has 129 heavy (non-hydrogen) atoms. The van der Waals surface area contributed by atoms with Crippen LogP contribution in [0.3, 0.4) is 0 Å². The Morgan fingerprint density at radius 2 is 0.566 bits per heavy atom. The zero-order valence-corrected chi connectivity index (χ0v) is 91.5. The molecule has 0 fully saturated rings. The number of para-hydroxylation sites is 1. The van der Waals surface area contributed by atoms with Crippen LogP contribution in [0.25, 0.3) is 55.0 Å². The van der Waals surface area contributed by atoms with Crippen molar-refractivity contribution in [3.05, 3.63) is 403 Å². The lowest BCUT2D eigenvalue weighted by molar-refractivity contribution is 0.415. The molecule has 0 saturated carbocycles. The Balaban J connectivity index is 0.000000138. The van der Waals surface area contributed by atoms with Gasteiger partial charge in [-0.25, -0.2) is 0 Å². The van der Waals surface area contributed by atoms with Gasteiger partial charge in [-0.3, -0.25) is 0 Å². The number of nitrogens with zero attached hydrogens (tertiary/aromatic N) is 5. The van der Waals surface area contributed by atoms with Gasteiger partial charge in [-0.1, -0.05) is 226 Å². The Bertz CT molecular complexity index is 6740. The normalized spacial score (nSPS) is 11.5. The van der Waals surface area contributed by atoms with Crippen LogP contribution in [0.2, 0.25) is 0 Å². The summed E-state index contributed by atoms with van der Waals surface area (Å²) in [6.45, 7) is 44.3. The fraction of sp³-hybridized carbons (Fsp3) is 0.211. The molecule has 0 radical (unpaired) electrons. The third kappa shape index (κ3) is 22.7. The molecule has 2 heterocycles. The molecular formula is C114H110Br9N5O. The molecule has 0 atom stereocenters. The maximum atomic E-state index is 5.28. The SMILES string of the molecule is COc1ccc(-n2c3ccc(C)cc3c3cc(Br)ccc32)cc1.Cc1ccc(N(c2cc(Br)c(Br)c(Br)c2)c2c(C)cc(C(C)(C)C)cc2C)cc1.Cc1ccc(N(c2ccc(Br)c(Br)c2)c2c(C)cc(C(C)(C)C)cc2C)cc1.Cc1ccc(N(c2ccc(Br)cc2)c2c(C)cc(C(C)(C)C)cc2C)cc1.Cc1ccc2c3cc(Br)c(Br)cc3n(-c3ccccc3)c2c1. The van der Waals surface area contributed by atoms with Gasteiger partial charge in [0.2, 0.25) is 0 Å². The number of rotatable bonds is 12. The summed E-state index contributed by atoms with van der Waals surface area (Å²) >= 11 is 32.7. The molecule has 0 aliphatic carbocycles. The van der Waals surface area contributed by atoms with E-state index in [1.165, 1.54) is 150 Å². The average molecular weight is 2290 g/mol. The van der Waals surface area contributed by atoms with Crippen LogP contribution in [0.15, 0.2) is 325 Å². The van der Waals surface area contributed by atoms with Crippen LogP contribution in [0.4, 0.5) is 51.2 Å². The molecule has 0 spiro atoms.